The lowest BCUT2D eigenvalue weighted by Crippen LogP contribution is -2.31. The molecule has 0 aromatic heterocycles. The summed E-state index contributed by atoms with van der Waals surface area (Å²) in [4.78, 5) is 0. The Balaban J connectivity index is 2.83. The molecule has 1 heteroatoms. The molecule has 0 heterocycles. The molecule has 0 fully saturated rings. The first-order valence-electron chi connectivity index (χ1n) is 7.33. The number of hydrogen-bond acceptors (Lipinski definition) is 1. The number of rotatable bonds is 6. The van der Waals surface area contributed by atoms with E-state index in [2.05, 4.69) is 59.0 Å². The molecule has 0 amide bonds. The Morgan fingerprint density at radius 3 is 2.17 bits per heavy atom. The highest BCUT2D eigenvalue weighted by molar-refractivity contribution is 5.38. The molecule has 1 aromatic rings. The van der Waals surface area contributed by atoms with Crippen LogP contribution in [-0.2, 0) is 0 Å². The maximum Gasteiger partial charge on any atom is 0.0297 e. The molecule has 0 saturated heterocycles. The fourth-order valence-electron chi connectivity index (χ4n) is 2.65. The third kappa shape index (κ3) is 3.84. The van der Waals surface area contributed by atoms with Crippen LogP contribution in [0.25, 0.3) is 0 Å². The molecule has 102 valence electrons. The SMILES string of the molecule is CCCC(CC)NC(C)c1cc(C)c(C)cc1C. The predicted molar refractivity (Wildman–Crippen MR) is 81.2 cm³/mol. The smallest absolute Gasteiger partial charge is 0.0297 e. The van der Waals surface area contributed by atoms with Crippen molar-refractivity contribution in [3.05, 3.63) is 34.4 Å². The van der Waals surface area contributed by atoms with Crippen molar-refractivity contribution in [1.82, 2.24) is 5.32 Å². The summed E-state index contributed by atoms with van der Waals surface area (Å²) in [6.45, 7) is 13.4. The molecule has 1 rings (SSSR count). The van der Waals surface area contributed by atoms with Crippen LogP contribution < -0.4 is 5.32 Å². The summed E-state index contributed by atoms with van der Waals surface area (Å²) in [7, 11) is 0. The Hall–Kier alpha value is -0.820. The Morgan fingerprint density at radius 1 is 1.00 bits per heavy atom. The monoisotopic (exact) mass is 247 g/mol. The van der Waals surface area contributed by atoms with Gasteiger partial charge in [0.15, 0.2) is 0 Å². The van der Waals surface area contributed by atoms with Gasteiger partial charge in [-0.05, 0) is 62.8 Å². The molecule has 0 saturated carbocycles. The van der Waals surface area contributed by atoms with Gasteiger partial charge >= 0.3 is 0 Å². The van der Waals surface area contributed by atoms with E-state index in [1.807, 2.05) is 0 Å². The van der Waals surface area contributed by atoms with Gasteiger partial charge in [-0.1, -0.05) is 32.4 Å². The molecule has 2 atom stereocenters. The Morgan fingerprint density at radius 2 is 1.61 bits per heavy atom. The van der Waals surface area contributed by atoms with Crippen LogP contribution in [0.4, 0.5) is 0 Å². The second-order valence-electron chi connectivity index (χ2n) is 5.58. The molecular weight excluding hydrogens is 218 g/mol. The van der Waals surface area contributed by atoms with E-state index in [0.29, 0.717) is 12.1 Å². The summed E-state index contributed by atoms with van der Waals surface area (Å²) >= 11 is 0. The molecule has 0 aliphatic heterocycles. The summed E-state index contributed by atoms with van der Waals surface area (Å²) in [6.07, 6.45) is 3.73. The number of hydrogen-bond donors (Lipinski definition) is 1. The second-order valence-corrected chi connectivity index (χ2v) is 5.58. The predicted octanol–water partition coefficient (Wildman–Crippen LogP) is 4.84. The van der Waals surface area contributed by atoms with Gasteiger partial charge in [-0.15, -0.1) is 0 Å². The quantitative estimate of drug-likeness (QED) is 0.758. The molecule has 1 N–H and O–H groups in total. The molecule has 0 aliphatic carbocycles. The molecule has 18 heavy (non-hydrogen) atoms. The highest BCUT2D eigenvalue weighted by atomic mass is 14.9. The van der Waals surface area contributed by atoms with Crippen LogP contribution in [0, 0.1) is 20.8 Å². The third-order valence-corrected chi connectivity index (χ3v) is 3.96. The minimum Gasteiger partial charge on any atom is -0.307 e. The maximum absolute atomic E-state index is 3.77. The van der Waals surface area contributed by atoms with Crippen molar-refractivity contribution in [2.24, 2.45) is 0 Å². The van der Waals surface area contributed by atoms with E-state index < -0.39 is 0 Å². The summed E-state index contributed by atoms with van der Waals surface area (Å²) in [5.41, 5.74) is 5.65. The van der Waals surface area contributed by atoms with E-state index in [4.69, 9.17) is 0 Å². The van der Waals surface area contributed by atoms with Gasteiger partial charge in [0.2, 0.25) is 0 Å². The van der Waals surface area contributed by atoms with Gasteiger partial charge in [0.05, 0.1) is 0 Å². The van der Waals surface area contributed by atoms with Gasteiger partial charge in [0, 0.05) is 12.1 Å². The lowest BCUT2D eigenvalue weighted by Gasteiger charge is -2.24. The molecule has 1 aromatic carbocycles. The molecular formula is C17H29N. The van der Waals surface area contributed by atoms with Crippen LogP contribution in [0.1, 0.15) is 68.3 Å². The van der Waals surface area contributed by atoms with E-state index in [9.17, 15) is 0 Å². The number of aryl methyl sites for hydroxylation is 3. The first-order chi connectivity index (χ1) is 8.49. The molecule has 2 unspecified atom stereocenters. The highest BCUT2D eigenvalue weighted by Crippen LogP contribution is 2.22. The third-order valence-electron chi connectivity index (χ3n) is 3.96. The standard InChI is InChI=1S/C17H29N/c1-7-9-16(8-2)18-15(6)17-11-13(4)12(3)10-14(17)5/h10-11,15-16,18H,7-9H2,1-6H3. The van der Waals surface area contributed by atoms with Crippen LogP contribution in [0.3, 0.4) is 0 Å². The molecule has 0 aliphatic rings. The largest absolute Gasteiger partial charge is 0.307 e. The Labute approximate surface area is 113 Å². The van der Waals surface area contributed by atoms with E-state index in [1.54, 1.807) is 0 Å². The van der Waals surface area contributed by atoms with Crippen molar-refractivity contribution >= 4 is 0 Å². The van der Waals surface area contributed by atoms with Gasteiger partial charge in [-0.3, -0.25) is 0 Å². The van der Waals surface area contributed by atoms with Crippen molar-refractivity contribution in [2.45, 2.75) is 72.9 Å². The number of benzene rings is 1. The topological polar surface area (TPSA) is 12.0 Å². The summed E-state index contributed by atoms with van der Waals surface area (Å²) in [5.74, 6) is 0. The van der Waals surface area contributed by atoms with Crippen LogP contribution in [0.5, 0.6) is 0 Å². The van der Waals surface area contributed by atoms with Crippen LogP contribution in [0.15, 0.2) is 12.1 Å². The average Bonchev–Trinajstić information content (AvgIpc) is 2.33. The lowest BCUT2D eigenvalue weighted by atomic mass is 9.95. The lowest BCUT2D eigenvalue weighted by molar-refractivity contribution is 0.416. The fourth-order valence-corrected chi connectivity index (χ4v) is 2.65. The molecule has 0 radical (unpaired) electrons. The molecule has 0 bridgehead atoms. The van der Waals surface area contributed by atoms with Crippen molar-refractivity contribution in [3.63, 3.8) is 0 Å². The molecule has 1 nitrogen and oxygen atoms in total. The maximum atomic E-state index is 3.77. The molecule has 0 spiro atoms. The zero-order valence-corrected chi connectivity index (χ0v) is 12.9. The zero-order chi connectivity index (χ0) is 13.7. The Kier molecular flexibility index (Phi) is 5.87. The second kappa shape index (κ2) is 6.94. The van der Waals surface area contributed by atoms with E-state index >= 15 is 0 Å². The van der Waals surface area contributed by atoms with Crippen molar-refractivity contribution in [3.8, 4) is 0 Å². The minimum absolute atomic E-state index is 0.445. The summed E-state index contributed by atoms with van der Waals surface area (Å²) < 4.78 is 0. The van der Waals surface area contributed by atoms with Crippen molar-refractivity contribution in [2.75, 3.05) is 0 Å². The van der Waals surface area contributed by atoms with Gasteiger partial charge in [-0.2, -0.15) is 0 Å². The van der Waals surface area contributed by atoms with Crippen molar-refractivity contribution < 1.29 is 0 Å². The van der Waals surface area contributed by atoms with Gasteiger partial charge < -0.3 is 5.32 Å². The van der Waals surface area contributed by atoms with Gasteiger partial charge in [0.25, 0.3) is 0 Å². The first kappa shape index (κ1) is 15.2. The van der Waals surface area contributed by atoms with E-state index in [-0.39, 0.29) is 0 Å². The van der Waals surface area contributed by atoms with E-state index in [1.165, 1.54) is 41.5 Å². The van der Waals surface area contributed by atoms with Crippen LogP contribution in [-0.4, -0.2) is 6.04 Å². The highest BCUT2D eigenvalue weighted by Gasteiger charge is 2.13. The average molecular weight is 247 g/mol. The Bertz CT molecular complexity index is 381. The van der Waals surface area contributed by atoms with Crippen LogP contribution in [0.2, 0.25) is 0 Å². The summed E-state index contributed by atoms with van der Waals surface area (Å²) in [6, 6.07) is 5.75. The fraction of sp³-hybridized carbons (Fsp3) is 0.647. The van der Waals surface area contributed by atoms with Crippen LogP contribution >= 0.6 is 0 Å². The summed E-state index contributed by atoms with van der Waals surface area (Å²) in [5, 5.41) is 3.77. The van der Waals surface area contributed by atoms with Crippen molar-refractivity contribution in [1.29, 1.82) is 0 Å². The van der Waals surface area contributed by atoms with E-state index in [0.717, 1.165) is 0 Å². The minimum atomic E-state index is 0.445. The number of nitrogens with one attached hydrogen (secondary N) is 1. The van der Waals surface area contributed by atoms with Gasteiger partial charge in [0.1, 0.15) is 0 Å². The normalized spacial score (nSPS) is 14.6. The first-order valence-corrected chi connectivity index (χ1v) is 7.33. The van der Waals surface area contributed by atoms with Gasteiger partial charge in [-0.25, -0.2) is 0 Å². The zero-order valence-electron chi connectivity index (χ0n) is 12.9.